The van der Waals surface area contributed by atoms with Crippen molar-refractivity contribution in [3.8, 4) is 0 Å². The minimum absolute atomic E-state index is 0.0412. The lowest BCUT2D eigenvalue weighted by molar-refractivity contribution is -0.385. The van der Waals surface area contributed by atoms with Gasteiger partial charge in [0.25, 0.3) is 5.69 Å². The molecule has 128 valence electrons. The van der Waals surface area contributed by atoms with E-state index in [9.17, 15) is 15.2 Å². The van der Waals surface area contributed by atoms with Gasteiger partial charge in [0.15, 0.2) is 0 Å². The van der Waals surface area contributed by atoms with E-state index in [1.807, 2.05) is 0 Å². The highest BCUT2D eigenvalue weighted by molar-refractivity contribution is 5.60. The molecule has 0 spiro atoms. The van der Waals surface area contributed by atoms with Crippen molar-refractivity contribution in [3.63, 3.8) is 0 Å². The topological polar surface area (TPSA) is 66.6 Å². The van der Waals surface area contributed by atoms with Crippen molar-refractivity contribution in [1.82, 2.24) is 4.90 Å². The molecule has 0 saturated carbocycles. The molecule has 0 aliphatic heterocycles. The zero-order valence-corrected chi connectivity index (χ0v) is 14.9. The van der Waals surface area contributed by atoms with E-state index in [2.05, 4.69) is 46.4 Å². The predicted octanol–water partition coefficient (Wildman–Crippen LogP) is 3.87. The number of benzene rings is 1. The number of para-hydroxylation sites is 1. The molecule has 0 bridgehead atoms. The molecular formula is C18H28N2O3. The van der Waals surface area contributed by atoms with Crippen molar-refractivity contribution in [2.75, 3.05) is 6.54 Å². The monoisotopic (exact) mass is 320 g/mol. The van der Waals surface area contributed by atoms with E-state index in [4.69, 9.17) is 0 Å². The van der Waals surface area contributed by atoms with Gasteiger partial charge in [-0.05, 0) is 53.7 Å². The fraction of sp³-hybridized carbons (Fsp3) is 0.556. The highest BCUT2D eigenvalue weighted by Crippen LogP contribution is 2.25. The van der Waals surface area contributed by atoms with Gasteiger partial charge in [0.2, 0.25) is 0 Å². The van der Waals surface area contributed by atoms with Crippen LogP contribution in [0.5, 0.6) is 0 Å². The Morgan fingerprint density at radius 2 is 1.70 bits per heavy atom. The number of aliphatic hydroxyl groups excluding tert-OH is 1. The van der Waals surface area contributed by atoms with Gasteiger partial charge in [0.05, 0.1) is 16.6 Å². The molecule has 0 heterocycles. The first-order valence-electron chi connectivity index (χ1n) is 7.80. The number of nitro benzene ring substituents is 1. The van der Waals surface area contributed by atoms with Crippen molar-refractivity contribution < 1.29 is 10.0 Å². The maximum atomic E-state index is 11.0. The molecule has 5 heteroatoms. The molecule has 0 saturated heterocycles. The first-order valence-corrected chi connectivity index (χ1v) is 7.80. The van der Waals surface area contributed by atoms with Crippen LogP contribution in [0.3, 0.4) is 0 Å². The third-order valence-corrected chi connectivity index (χ3v) is 3.62. The molecule has 0 fully saturated rings. The molecule has 1 N–H and O–H groups in total. The van der Waals surface area contributed by atoms with Crippen molar-refractivity contribution in [3.05, 3.63) is 46.0 Å². The van der Waals surface area contributed by atoms with Crippen molar-refractivity contribution in [2.45, 2.75) is 58.7 Å². The zero-order valence-electron chi connectivity index (χ0n) is 14.9. The van der Waals surface area contributed by atoms with E-state index >= 15 is 0 Å². The van der Waals surface area contributed by atoms with Crippen LogP contribution in [0.4, 0.5) is 5.69 Å². The molecule has 0 aromatic heterocycles. The predicted molar refractivity (Wildman–Crippen MR) is 94.3 cm³/mol. The maximum Gasteiger partial charge on any atom is 0.276 e. The van der Waals surface area contributed by atoms with E-state index in [1.54, 1.807) is 30.4 Å². The van der Waals surface area contributed by atoms with Crippen LogP contribution in [0, 0.1) is 10.1 Å². The normalized spacial score (nSPS) is 14.4. The van der Waals surface area contributed by atoms with Crippen molar-refractivity contribution in [1.29, 1.82) is 0 Å². The Balaban J connectivity index is 2.91. The van der Waals surface area contributed by atoms with Crippen LogP contribution in [0.1, 0.15) is 47.1 Å². The zero-order chi connectivity index (χ0) is 17.8. The molecule has 1 unspecified atom stereocenters. The molecule has 0 radical (unpaired) electrons. The van der Waals surface area contributed by atoms with Gasteiger partial charge in [-0.1, -0.05) is 18.2 Å². The highest BCUT2D eigenvalue weighted by atomic mass is 16.6. The summed E-state index contributed by atoms with van der Waals surface area (Å²) in [7, 11) is 0. The van der Waals surface area contributed by atoms with Crippen LogP contribution in [0.2, 0.25) is 0 Å². The molecule has 1 atom stereocenters. The maximum absolute atomic E-state index is 11.0. The Hall–Kier alpha value is -1.72. The van der Waals surface area contributed by atoms with Gasteiger partial charge in [-0.2, -0.15) is 0 Å². The standard InChI is InChI=1S/C18H28N2O3/c1-17(2,3)19(18(4,5)6)13-15(21)12-11-14-9-7-8-10-16(14)20(22)23/h7-12,15,21H,13H2,1-6H3/b12-11+. The fourth-order valence-electron chi connectivity index (χ4n) is 2.81. The Labute approximate surface area is 138 Å². The van der Waals surface area contributed by atoms with Crippen LogP contribution < -0.4 is 0 Å². The second-order valence-electron chi connectivity index (χ2n) is 7.69. The summed E-state index contributed by atoms with van der Waals surface area (Å²) < 4.78 is 0. The Morgan fingerprint density at radius 1 is 1.17 bits per heavy atom. The summed E-state index contributed by atoms with van der Waals surface area (Å²) in [5.74, 6) is 0. The summed E-state index contributed by atoms with van der Waals surface area (Å²) in [6.07, 6.45) is 2.53. The first kappa shape index (κ1) is 19.3. The summed E-state index contributed by atoms with van der Waals surface area (Å²) in [6, 6.07) is 6.51. The summed E-state index contributed by atoms with van der Waals surface area (Å²) in [5.41, 5.74) is 0.353. The van der Waals surface area contributed by atoms with Gasteiger partial charge in [-0.15, -0.1) is 0 Å². The van der Waals surface area contributed by atoms with Crippen LogP contribution in [0.25, 0.3) is 6.08 Å². The van der Waals surface area contributed by atoms with E-state index in [1.165, 1.54) is 6.07 Å². The molecule has 0 aliphatic carbocycles. The van der Waals surface area contributed by atoms with Gasteiger partial charge in [-0.25, -0.2) is 0 Å². The third kappa shape index (κ3) is 5.77. The van der Waals surface area contributed by atoms with Crippen LogP contribution in [-0.4, -0.2) is 38.7 Å². The molecule has 0 amide bonds. The van der Waals surface area contributed by atoms with Crippen LogP contribution in [0.15, 0.2) is 30.3 Å². The molecule has 1 aromatic carbocycles. The van der Waals surface area contributed by atoms with Crippen molar-refractivity contribution in [2.24, 2.45) is 0 Å². The number of hydrogen-bond acceptors (Lipinski definition) is 4. The summed E-state index contributed by atoms with van der Waals surface area (Å²) in [6.45, 7) is 13.1. The molecule has 5 nitrogen and oxygen atoms in total. The summed E-state index contributed by atoms with van der Waals surface area (Å²) >= 11 is 0. The van der Waals surface area contributed by atoms with E-state index < -0.39 is 11.0 Å². The highest BCUT2D eigenvalue weighted by Gasteiger charge is 2.32. The SMILES string of the molecule is CC(C)(C)N(CC(O)/C=C/c1ccccc1[N+](=O)[O-])C(C)(C)C. The van der Waals surface area contributed by atoms with E-state index in [-0.39, 0.29) is 16.8 Å². The first-order chi connectivity index (χ1) is 10.4. The van der Waals surface area contributed by atoms with E-state index in [0.29, 0.717) is 12.1 Å². The number of β-amino-alcohol motifs (C(OH)–C–C–N with tert-alkyl or cyclic N) is 1. The third-order valence-electron chi connectivity index (χ3n) is 3.62. The molecule has 23 heavy (non-hydrogen) atoms. The average molecular weight is 320 g/mol. The van der Waals surface area contributed by atoms with E-state index in [0.717, 1.165) is 0 Å². The number of rotatable bonds is 5. The van der Waals surface area contributed by atoms with Gasteiger partial charge in [0, 0.05) is 23.7 Å². The lowest BCUT2D eigenvalue weighted by Gasteiger charge is -2.46. The number of nitrogens with zero attached hydrogens (tertiary/aromatic N) is 2. The van der Waals surface area contributed by atoms with Gasteiger partial charge in [0.1, 0.15) is 0 Å². The molecule has 1 rings (SSSR count). The lowest BCUT2D eigenvalue weighted by Crippen LogP contribution is -2.55. The molecule has 0 aliphatic rings. The van der Waals surface area contributed by atoms with Crippen molar-refractivity contribution >= 4 is 11.8 Å². The Bertz CT molecular complexity index is 554. The fourth-order valence-corrected chi connectivity index (χ4v) is 2.81. The molecular weight excluding hydrogens is 292 g/mol. The summed E-state index contributed by atoms with van der Waals surface area (Å²) in [4.78, 5) is 12.8. The Kier molecular flexibility index (Phi) is 6.08. The smallest absolute Gasteiger partial charge is 0.276 e. The van der Waals surface area contributed by atoms with Crippen LogP contribution >= 0.6 is 0 Å². The van der Waals surface area contributed by atoms with Crippen LogP contribution in [-0.2, 0) is 0 Å². The number of hydrogen-bond donors (Lipinski definition) is 1. The quantitative estimate of drug-likeness (QED) is 0.660. The minimum atomic E-state index is -0.701. The Morgan fingerprint density at radius 3 is 2.17 bits per heavy atom. The lowest BCUT2D eigenvalue weighted by atomic mass is 9.95. The minimum Gasteiger partial charge on any atom is -0.388 e. The second kappa shape index (κ2) is 7.23. The van der Waals surface area contributed by atoms with Gasteiger partial charge in [-0.3, -0.25) is 15.0 Å². The largest absolute Gasteiger partial charge is 0.388 e. The second-order valence-corrected chi connectivity index (χ2v) is 7.69. The summed E-state index contributed by atoms with van der Waals surface area (Å²) in [5, 5.41) is 21.3. The average Bonchev–Trinajstić information content (AvgIpc) is 2.40. The molecule has 1 aromatic rings. The number of nitro groups is 1. The van der Waals surface area contributed by atoms with Gasteiger partial charge < -0.3 is 5.11 Å². The van der Waals surface area contributed by atoms with Gasteiger partial charge >= 0.3 is 0 Å². The number of aliphatic hydroxyl groups is 1.